The maximum atomic E-state index is 4.53. The van der Waals surface area contributed by atoms with E-state index >= 15 is 0 Å². The second-order valence-corrected chi connectivity index (χ2v) is 6.13. The van der Waals surface area contributed by atoms with Gasteiger partial charge in [0.05, 0.1) is 11.9 Å². The number of nitrogens with one attached hydrogen (secondary N) is 3. The van der Waals surface area contributed by atoms with E-state index in [1.807, 2.05) is 24.8 Å². The lowest BCUT2D eigenvalue weighted by Gasteiger charge is -2.32. The van der Waals surface area contributed by atoms with Gasteiger partial charge in [0, 0.05) is 54.2 Å². The Morgan fingerprint density at radius 1 is 1.30 bits per heavy atom. The minimum absolute atomic E-state index is 0.504. The van der Waals surface area contributed by atoms with Crippen LogP contribution in [0, 0.1) is 0 Å². The molecule has 0 spiro atoms. The Bertz CT molecular complexity index is 768. The smallest absolute Gasteiger partial charge is 0.139 e. The van der Waals surface area contributed by atoms with Crippen LogP contribution in [0.4, 0.5) is 5.69 Å². The predicted octanol–water partition coefficient (Wildman–Crippen LogP) is 2.85. The van der Waals surface area contributed by atoms with Gasteiger partial charge in [0.25, 0.3) is 0 Å². The van der Waals surface area contributed by atoms with Crippen LogP contribution in [0.5, 0.6) is 0 Å². The molecule has 0 saturated carbocycles. The number of likely N-dealkylation sites (tertiary alicyclic amines) is 1. The van der Waals surface area contributed by atoms with Crippen LogP contribution < -0.4 is 5.32 Å². The van der Waals surface area contributed by atoms with Gasteiger partial charge in [-0.05, 0) is 25.5 Å². The number of rotatable bonds is 4. The molecule has 23 heavy (non-hydrogen) atoms. The van der Waals surface area contributed by atoms with Crippen LogP contribution in [0.3, 0.4) is 0 Å². The summed E-state index contributed by atoms with van der Waals surface area (Å²) in [6.45, 7) is 5.70. The van der Waals surface area contributed by atoms with E-state index in [2.05, 4.69) is 43.4 Å². The number of H-pyrrole nitrogens is 2. The van der Waals surface area contributed by atoms with E-state index < -0.39 is 0 Å². The molecule has 1 fully saturated rings. The van der Waals surface area contributed by atoms with E-state index in [1.54, 1.807) is 0 Å². The average Bonchev–Trinajstić information content (AvgIpc) is 3.27. The first kappa shape index (κ1) is 14.3. The molecule has 1 saturated heterocycles. The van der Waals surface area contributed by atoms with Crippen LogP contribution in [0.1, 0.15) is 19.8 Å². The molecule has 4 rings (SSSR count). The molecule has 120 valence electrons. The third-order valence-corrected chi connectivity index (χ3v) is 4.78. The topological polar surface area (TPSA) is 72.6 Å². The maximum Gasteiger partial charge on any atom is 0.139 e. The number of hydrogen-bond acceptors (Lipinski definition) is 4. The summed E-state index contributed by atoms with van der Waals surface area (Å²) < 4.78 is 0. The van der Waals surface area contributed by atoms with Crippen molar-refractivity contribution in [3.8, 4) is 11.1 Å². The zero-order valence-corrected chi connectivity index (χ0v) is 13.3. The van der Waals surface area contributed by atoms with Gasteiger partial charge in [-0.2, -0.15) is 5.10 Å². The molecule has 3 aromatic rings. The normalized spacial score (nSPS) is 16.9. The molecule has 1 aliphatic rings. The molecule has 6 nitrogen and oxygen atoms in total. The summed E-state index contributed by atoms with van der Waals surface area (Å²) in [5.74, 6) is 0. The Morgan fingerprint density at radius 3 is 2.91 bits per heavy atom. The number of aromatic nitrogens is 4. The molecule has 0 atom stereocenters. The number of anilines is 1. The molecule has 0 amide bonds. The van der Waals surface area contributed by atoms with Crippen molar-refractivity contribution in [2.75, 3.05) is 25.0 Å². The standard InChI is InChI=1S/C17H22N6/c1-2-23-7-4-13(5-8-23)22-16-14-3-6-18-17(14)19-11-15(16)12-9-20-21-10-12/h3,6,9-11,13H,2,4-5,7-8H2,1H3,(H,20,21)(H2,18,19,22). The average molecular weight is 310 g/mol. The molecule has 3 N–H and O–H groups in total. The minimum atomic E-state index is 0.504. The van der Waals surface area contributed by atoms with Gasteiger partial charge in [-0.1, -0.05) is 6.92 Å². The van der Waals surface area contributed by atoms with Gasteiger partial charge in [-0.15, -0.1) is 0 Å². The molecular weight excluding hydrogens is 288 g/mol. The van der Waals surface area contributed by atoms with E-state index in [0.717, 1.165) is 47.5 Å². The highest BCUT2D eigenvalue weighted by molar-refractivity contribution is 5.98. The first-order chi connectivity index (χ1) is 11.3. The summed E-state index contributed by atoms with van der Waals surface area (Å²) in [6, 6.07) is 2.60. The van der Waals surface area contributed by atoms with Gasteiger partial charge < -0.3 is 15.2 Å². The summed E-state index contributed by atoms with van der Waals surface area (Å²) in [5, 5.41) is 11.9. The SMILES string of the molecule is CCN1CCC(Nc2c(-c3cn[nH]c3)cnc3[nH]ccc23)CC1. The fourth-order valence-electron chi connectivity index (χ4n) is 3.38. The number of aromatic amines is 2. The quantitative estimate of drug-likeness (QED) is 0.693. The predicted molar refractivity (Wildman–Crippen MR) is 92.4 cm³/mol. The van der Waals surface area contributed by atoms with Gasteiger partial charge in [-0.25, -0.2) is 4.98 Å². The summed E-state index contributed by atoms with van der Waals surface area (Å²) in [6.07, 6.45) is 9.98. The minimum Gasteiger partial charge on any atom is -0.381 e. The first-order valence-corrected chi connectivity index (χ1v) is 8.29. The fraction of sp³-hybridized carbons (Fsp3) is 0.412. The summed E-state index contributed by atoms with van der Waals surface area (Å²) in [5.41, 5.74) is 4.25. The lowest BCUT2D eigenvalue weighted by Crippen LogP contribution is -2.38. The lowest BCUT2D eigenvalue weighted by molar-refractivity contribution is 0.229. The van der Waals surface area contributed by atoms with Crippen molar-refractivity contribution in [1.29, 1.82) is 0 Å². The van der Waals surface area contributed by atoms with E-state index in [-0.39, 0.29) is 0 Å². The van der Waals surface area contributed by atoms with Crippen LogP contribution in [0.25, 0.3) is 22.2 Å². The second-order valence-electron chi connectivity index (χ2n) is 6.13. The number of hydrogen-bond donors (Lipinski definition) is 3. The van der Waals surface area contributed by atoms with Crippen molar-refractivity contribution in [2.24, 2.45) is 0 Å². The molecule has 0 bridgehead atoms. The van der Waals surface area contributed by atoms with Crippen molar-refractivity contribution in [1.82, 2.24) is 25.1 Å². The zero-order chi connectivity index (χ0) is 15.6. The van der Waals surface area contributed by atoms with Crippen LogP contribution in [-0.2, 0) is 0 Å². The fourth-order valence-corrected chi connectivity index (χ4v) is 3.38. The Hall–Kier alpha value is -2.34. The first-order valence-electron chi connectivity index (χ1n) is 8.29. The molecule has 6 heteroatoms. The molecular formula is C17H22N6. The van der Waals surface area contributed by atoms with E-state index in [0.29, 0.717) is 6.04 Å². The maximum absolute atomic E-state index is 4.53. The molecule has 3 aromatic heterocycles. The van der Waals surface area contributed by atoms with Crippen molar-refractivity contribution in [2.45, 2.75) is 25.8 Å². The van der Waals surface area contributed by atoms with Crippen molar-refractivity contribution < 1.29 is 0 Å². The molecule has 1 aliphatic heterocycles. The highest BCUT2D eigenvalue weighted by Crippen LogP contribution is 2.34. The molecule has 0 aliphatic carbocycles. The largest absolute Gasteiger partial charge is 0.381 e. The molecule has 0 aromatic carbocycles. The van der Waals surface area contributed by atoms with E-state index in [1.165, 1.54) is 12.8 Å². The van der Waals surface area contributed by atoms with E-state index in [9.17, 15) is 0 Å². The van der Waals surface area contributed by atoms with Crippen molar-refractivity contribution >= 4 is 16.7 Å². The Morgan fingerprint density at radius 2 is 2.17 bits per heavy atom. The van der Waals surface area contributed by atoms with Crippen molar-refractivity contribution in [3.63, 3.8) is 0 Å². The van der Waals surface area contributed by atoms with Crippen LogP contribution in [0.2, 0.25) is 0 Å². The monoisotopic (exact) mass is 310 g/mol. The van der Waals surface area contributed by atoms with Gasteiger partial charge in [0.1, 0.15) is 5.65 Å². The summed E-state index contributed by atoms with van der Waals surface area (Å²) in [7, 11) is 0. The number of pyridine rings is 1. The number of nitrogens with zero attached hydrogens (tertiary/aromatic N) is 3. The summed E-state index contributed by atoms with van der Waals surface area (Å²) in [4.78, 5) is 10.2. The highest BCUT2D eigenvalue weighted by Gasteiger charge is 2.20. The second kappa shape index (κ2) is 6.04. The van der Waals surface area contributed by atoms with Crippen LogP contribution in [0.15, 0.2) is 30.9 Å². The Labute approximate surface area is 135 Å². The third kappa shape index (κ3) is 2.70. The highest BCUT2D eigenvalue weighted by atomic mass is 15.1. The van der Waals surface area contributed by atoms with Gasteiger partial charge >= 0.3 is 0 Å². The molecule has 0 radical (unpaired) electrons. The van der Waals surface area contributed by atoms with Gasteiger partial charge in [0.2, 0.25) is 0 Å². The lowest BCUT2D eigenvalue weighted by atomic mass is 10.0. The van der Waals surface area contributed by atoms with Crippen LogP contribution >= 0.6 is 0 Å². The van der Waals surface area contributed by atoms with Crippen LogP contribution in [-0.4, -0.2) is 50.7 Å². The third-order valence-electron chi connectivity index (χ3n) is 4.78. The Balaban J connectivity index is 1.67. The molecule has 4 heterocycles. The van der Waals surface area contributed by atoms with Crippen molar-refractivity contribution in [3.05, 3.63) is 30.9 Å². The Kier molecular flexibility index (Phi) is 3.75. The zero-order valence-electron chi connectivity index (χ0n) is 13.3. The van der Waals surface area contributed by atoms with E-state index in [4.69, 9.17) is 0 Å². The van der Waals surface area contributed by atoms with Gasteiger partial charge in [-0.3, -0.25) is 5.10 Å². The number of fused-ring (bicyclic) bond motifs is 1. The summed E-state index contributed by atoms with van der Waals surface area (Å²) >= 11 is 0. The number of piperidine rings is 1. The molecule has 0 unspecified atom stereocenters. The van der Waals surface area contributed by atoms with Gasteiger partial charge in [0.15, 0.2) is 0 Å².